The summed E-state index contributed by atoms with van der Waals surface area (Å²) in [5.41, 5.74) is 29.5. The van der Waals surface area contributed by atoms with Gasteiger partial charge in [-0.25, -0.2) is 68.7 Å². The third-order valence-corrected chi connectivity index (χ3v) is 22.8. The monoisotopic (exact) mass is 1440 g/mol. The number of rotatable bonds is 17. The Labute approximate surface area is 585 Å². The van der Waals surface area contributed by atoms with Gasteiger partial charge in [0.1, 0.15) is 59.1 Å². The second kappa shape index (κ2) is 28.7. The molecular weight excluding hydrogens is 1370 g/mol. The highest BCUT2D eigenvalue weighted by Crippen LogP contribution is 2.44. The lowest BCUT2D eigenvalue weighted by atomic mass is 10.0. The molecule has 6 heterocycles. The normalized spacial score (nSPS) is 14.5. The average molecular weight is 1440 g/mol. The molecule has 0 atom stereocenters. The molecule has 30 heteroatoms. The number of nitrogens with zero attached hydrogens (tertiary/aromatic N) is 9. The molecule has 0 bridgehead atoms. The lowest BCUT2D eigenvalue weighted by Crippen LogP contribution is -2.18. The molecule has 25 nitrogen and oxygen atoms in total. The number of primary amides is 1. The van der Waals surface area contributed by atoms with Gasteiger partial charge in [0.25, 0.3) is 36.0 Å². The van der Waals surface area contributed by atoms with Gasteiger partial charge in [0.2, 0.25) is 0 Å². The van der Waals surface area contributed by atoms with E-state index in [1.165, 1.54) is 80.7 Å². The number of fused-ring (bicyclic) bond motifs is 3. The molecule has 6 aromatic carbocycles. The van der Waals surface area contributed by atoms with Gasteiger partial charge >= 0.3 is 5.97 Å². The summed E-state index contributed by atoms with van der Waals surface area (Å²) >= 11 is 0. The first kappa shape index (κ1) is 69.1. The third-order valence-electron chi connectivity index (χ3n) is 18.6. The highest BCUT2D eigenvalue weighted by atomic mass is 32.2. The van der Waals surface area contributed by atoms with Gasteiger partial charge < -0.3 is 41.4 Å². The van der Waals surface area contributed by atoms with E-state index in [4.69, 9.17) is 27.7 Å². The summed E-state index contributed by atoms with van der Waals surface area (Å²) in [5, 5.41) is 1.91. The van der Waals surface area contributed by atoms with Crippen molar-refractivity contribution in [1.29, 1.82) is 0 Å². The van der Waals surface area contributed by atoms with Gasteiger partial charge in [-0.2, -0.15) is 0 Å². The van der Waals surface area contributed by atoms with Crippen LogP contribution in [0, 0.1) is 11.6 Å². The van der Waals surface area contributed by atoms with Crippen LogP contribution in [0.2, 0.25) is 0 Å². The number of carbonyl (C=O) groups excluding carboxylic acids is 2. The minimum absolute atomic E-state index is 0.0502. The van der Waals surface area contributed by atoms with Crippen LogP contribution in [0.15, 0.2) is 192 Å². The molecule has 3 aliphatic carbocycles. The number of aromatic nitrogens is 9. The molecule has 15 rings (SSSR count). The van der Waals surface area contributed by atoms with E-state index in [1.54, 1.807) is 79.0 Å². The number of nitrogens with one attached hydrogen (secondary N) is 3. The predicted molar refractivity (Wildman–Crippen MR) is 386 cm³/mol. The van der Waals surface area contributed by atoms with Gasteiger partial charge in [-0.3, -0.25) is 19.0 Å². The van der Waals surface area contributed by atoms with E-state index in [9.17, 15) is 34.8 Å². The zero-order valence-corrected chi connectivity index (χ0v) is 57.4. The van der Waals surface area contributed by atoms with Crippen molar-refractivity contribution in [3.8, 4) is 33.4 Å². The number of methoxy groups -OCH3 is 1. The fourth-order valence-corrected chi connectivity index (χ4v) is 17.0. The predicted octanol–water partition coefficient (Wildman–Crippen LogP) is 13.0. The highest BCUT2D eigenvalue weighted by molar-refractivity contribution is 7.93. The molecule has 1 amide bonds. The van der Waals surface area contributed by atoms with Crippen LogP contribution >= 0.6 is 0 Å². The molecule has 0 saturated heterocycles. The van der Waals surface area contributed by atoms with E-state index >= 15 is 8.78 Å². The Morgan fingerprint density at radius 3 is 1.11 bits per heavy atom. The molecule has 12 aromatic rings. The minimum atomic E-state index is -4.16. The molecule has 0 aliphatic heterocycles. The Hall–Kier alpha value is -11.4. The second-order valence-corrected chi connectivity index (χ2v) is 30.0. The van der Waals surface area contributed by atoms with E-state index < -0.39 is 59.3 Å². The van der Waals surface area contributed by atoms with Crippen molar-refractivity contribution in [1.82, 2.24) is 43.6 Å². The van der Waals surface area contributed by atoms with Crippen LogP contribution in [-0.4, -0.2) is 87.8 Å². The standard InChI is InChI=1S/C25H25N5O4S.C24H24N6O3S.C23H21F2N5O2S/c1-34-25(31)19-13-16(11-12-21(19)29-35(32,33)18-9-3-2-4-10-18)20-14-30(17-7-5-6-8-17)24-22(20)23(26)27-15-28-24;25-22-21-19(13-30(16-6-4-5-7-16)24(21)28-14-27-22)15-10-11-20(18(12-15)23(26)31)29-34(32,33)17-8-2-1-3-9-17;24-18-10-14(11-19(25)21(18)29-33(31,32)16-8-2-1-3-9-16)17-12-30(15-6-4-5-7-15)23-20(17)22(26)27-13-28-23/h2-4,9-15,17,29H,5-8H2,1H3,(H2,26,27,28);1-3,8-14,16,29H,4-7H2,(H2,26,31)(H2,25,27,28);1-3,8-13,15,29H,4-7H2,(H2,26,27,28). The first-order valence-corrected chi connectivity index (χ1v) is 37.3. The number of amides is 1. The number of anilines is 6. The number of nitrogens with two attached hydrogens (primary N) is 4. The first-order valence-electron chi connectivity index (χ1n) is 32.8. The van der Waals surface area contributed by atoms with E-state index in [2.05, 4.69) is 48.5 Å². The topological polar surface area (TPSA) is 378 Å². The van der Waals surface area contributed by atoms with Crippen LogP contribution in [0.3, 0.4) is 0 Å². The molecule has 3 aliphatic rings. The lowest BCUT2D eigenvalue weighted by molar-refractivity contribution is 0.0601. The smallest absolute Gasteiger partial charge is 0.340 e. The SMILES string of the molecule is COC(=O)c1cc(-c2cn(C3CCCC3)c3ncnc(N)c23)ccc1NS(=O)(=O)c1ccccc1.NC(=O)c1cc(-c2cn(C3CCCC3)c3ncnc(N)c23)ccc1NS(=O)(=O)c1ccccc1.Nc1ncnc2c1c(-c1cc(F)c(NS(=O)(=O)c3ccccc3)c(F)c1)cn2C1CCCC1. The fourth-order valence-electron chi connectivity index (χ4n) is 13.7. The minimum Gasteiger partial charge on any atom is -0.465 e. The van der Waals surface area contributed by atoms with Crippen molar-refractivity contribution >= 4 is 110 Å². The molecule has 102 heavy (non-hydrogen) atoms. The first-order chi connectivity index (χ1) is 49.1. The van der Waals surface area contributed by atoms with Gasteiger partial charge in [-0.15, -0.1) is 0 Å². The maximum absolute atomic E-state index is 15.0. The Morgan fingerprint density at radius 2 is 0.765 bits per heavy atom. The van der Waals surface area contributed by atoms with Crippen molar-refractivity contribution in [3.05, 3.63) is 200 Å². The van der Waals surface area contributed by atoms with Gasteiger partial charge in [0.15, 0.2) is 11.6 Å². The molecule has 3 fully saturated rings. The van der Waals surface area contributed by atoms with Gasteiger partial charge in [0.05, 0.1) is 60.5 Å². The van der Waals surface area contributed by atoms with Crippen LogP contribution in [-0.2, 0) is 34.8 Å². The van der Waals surface area contributed by atoms with Gasteiger partial charge in [-0.1, -0.05) is 105 Å². The average Bonchev–Trinajstić information content (AvgIpc) is 1.61. The Balaban J connectivity index is 0.000000137. The lowest BCUT2D eigenvalue weighted by Gasteiger charge is -2.13. The van der Waals surface area contributed by atoms with Crippen molar-refractivity contribution < 1.29 is 48.4 Å². The molecule has 6 aromatic heterocycles. The number of hydrogen-bond donors (Lipinski definition) is 7. The van der Waals surface area contributed by atoms with E-state index in [0.29, 0.717) is 62.2 Å². The number of carbonyl (C=O) groups is 2. The van der Waals surface area contributed by atoms with E-state index in [1.807, 2.05) is 21.7 Å². The van der Waals surface area contributed by atoms with Crippen molar-refractivity contribution in [2.45, 2.75) is 110 Å². The quantitative estimate of drug-likeness (QED) is 0.0416. The van der Waals surface area contributed by atoms with E-state index in [-0.39, 0.29) is 54.6 Å². The largest absolute Gasteiger partial charge is 0.465 e. The molecule has 524 valence electrons. The summed E-state index contributed by atoms with van der Waals surface area (Å²) in [6.07, 6.45) is 23.1. The summed E-state index contributed by atoms with van der Waals surface area (Å²) in [4.78, 5) is 50.8. The van der Waals surface area contributed by atoms with Crippen LogP contribution < -0.4 is 37.1 Å². The summed E-state index contributed by atoms with van der Waals surface area (Å²) in [5.74, 6) is -2.61. The zero-order valence-electron chi connectivity index (χ0n) is 54.9. The number of nitrogen functional groups attached to an aromatic ring is 3. The van der Waals surface area contributed by atoms with Crippen LogP contribution in [0.25, 0.3) is 66.5 Å². The van der Waals surface area contributed by atoms with Gasteiger partial charge in [0, 0.05) is 53.4 Å². The number of sulfonamides is 3. The molecular formula is C72H70F2N16O9S3. The Bertz CT molecular complexity index is 5510. The fraction of sp³-hybridized carbons (Fsp3) is 0.222. The number of ether oxygens (including phenoxy) is 1. The molecule has 3 saturated carbocycles. The number of halogens is 2. The molecule has 11 N–H and O–H groups in total. The third kappa shape index (κ3) is 14.0. The maximum Gasteiger partial charge on any atom is 0.340 e. The Kier molecular flexibility index (Phi) is 19.4. The number of hydrogen-bond acceptors (Lipinski definition) is 18. The molecule has 0 unspecified atom stereocenters. The zero-order chi connectivity index (χ0) is 71.6. The summed E-state index contributed by atoms with van der Waals surface area (Å²) in [7, 11) is -10.7. The van der Waals surface area contributed by atoms with Crippen LogP contribution in [0.4, 0.5) is 43.3 Å². The molecule has 0 spiro atoms. The van der Waals surface area contributed by atoms with Crippen molar-refractivity contribution in [3.63, 3.8) is 0 Å². The van der Waals surface area contributed by atoms with Gasteiger partial charge in [-0.05, 0) is 128 Å². The van der Waals surface area contributed by atoms with Crippen molar-refractivity contribution in [2.75, 3.05) is 38.5 Å². The van der Waals surface area contributed by atoms with Crippen molar-refractivity contribution in [2.24, 2.45) is 5.73 Å². The maximum atomic E-state index is 15.0. The summed E-state index contributed by atoms with van der Waals surface area (Å²) in [6, 6.07) is 36.0. The molecule has 0 radical (unpaired) electrons. The summed E-state index contributed by atoms with van der Waals surface area (Å²) in [6.45, 7) is 0. The Morgan fingerprint density at radius 1 is 0.441 bits per heavy atom. The second-order valence-electron chi connectivity index (χ2n) is 25.0. The number of benzene rings is 6. The van der Waals surface area contributed by atoms with E-state index in [0.717, 1.165) is 112 Å². The van der Waals surface area contributed by atoms with Crippen LogP contribution in [0.1, 0.15) is 116 Å². The number of esters is 1. The highest BCUT2D eigenvalue weighted by Gasteiger charge is 2.30. The van der Waals surface area contributed by atoms with Crippen LogP contribution in [0.5, 0.6) is 0 Å². The summed E-state index contributed by atoms with van der Waals surface area (Å²) < 4.78 is 125.